The molecule has 0 aliphatic carbocycles. The number of aryl methyl sites for hydroxylation is 1. The minimum atomic E-state index is -0.867. The molecule has 0 fully saturated rings. The number of hydrogen-bond acceptors (Lipinski definition) is 6. The largest absolute Gasteiger partial charge is 0.497 e. The fraction of sp³-hybridized carbons (Fsp3) is 0.345. The van der Waals surface area contributed by atoms with Crippen LogP contribution in [0.3, 0.4) is 0 Å². The lowest BCUT2D eigenvalue weighted by Gasteiger charge is -2.24. The predicted octanol–water partition coefficient (Wildman–Crippen LogP) is 6.29. The summed E-state index contributed by atoms with van der Waals surface area (Å²) in [6, 6.07) is 19.3. The van der Waals surface area contributed by atoms with Gasteiger partial charge in [0.05, 0.1) is 21.3 Å². The zero-order valence-electron chi connectivity index (χ0n) is 21.1. The van der Waals surface area contributed by atoms with Crippen molar-refractivity contribution in [2.75, 3.05) is 27.9 Å². The summed E-state index contributed by atoms with van der Waals surface area (Å²) < 4.78 is 28.1. The van der Waals surface area contributed by atoms with Gasteiger partial charge in [-0.15, -0.1) is 0 Å². The molecule has 3 rings (SSSR count). The van der Waals surface area contributed by atoms with Crippen molar-refractivity contribution in [2.24, 2.45) is 0 Å². The molecule has 0 radical (unpaired) electrons. The molecule has 3 aromatic carbocycles. The SMILES string of the molecule is CCCCOC(C(=O)OC)c1c(C)ccc(OCc2ccc(OC)cc2)c1-c1ccc(OC)cc1. The maximum absolute atomic E-state index is 12.9. The lowest BCUT2D eigenvalue weighted by Crippen LogP contribution is -2.20. The quantitative estimate of drug-likeness (QED) is 0.225. The Morgan fingerprint density at radius 1 is 0.857 bits per heavy atom. The highest BCUT2D eigenvalue weighted by molar-refractivity contribution is 5.84. The zero-order valence-corrected chi connectivity index (χ0v) is 21.1. The fourth-order valence-electron chi connectivity index (χ4n) is 3.82. The van der Waals surface area contributed by atoms with Crippen molar-refractivity contribution < 1.29 is 28.5 Å². The van der Waals surface area contributed by atoms with Crippen LogP contribution < -0.4 is 14.2 Å². The van der Waals surface area contributed by atoms with Crippen LogP contribution in [0.25, 0.3) is 11.1 Å². The number of benzene rings is 3. The molecule has 0 saturated heterocycles. The van der Waals surface area contributed by atoms with Crippen molar-refractivity contribution in [2.45, 2.75) is 39.4 Å². The van der Waals surface area contributed by atoms with Crippen LogP contribution in [0, 0.1) is 6.92 Å². The third kappa shape index (κ3) is 6.55. The molecule has 0 aromatic heterocycles. The molecule has 0 aliphatic rings. The highest BCUT2D eigenvalue weighted by Gasteiger charge is 2.29. The zero-order chi connectivity index (χ0) is 25.2. The molecule has 6 nitrogen and oxygen atoms in total. The van der Waals surface area contributed by atoms with Gasteiger partial charge < -0.3 is 23.7 Å². The van der Waals surface area contributed by atoms with Crippen molar-refractivity contribution in [3.8, 4) is 28.4 Å². The van der Waals surface area contributed by atoms with Gasteiger partial charge in [0, 0.05) is 17.7 Å². The van der Waals surface area contributed by atoms with E-state index in [1.54, 1.807) is 14.2 Å². The normalized spacial score (nSPS) is 11.6. The van der Waals surface area contributed by atoms with E-state index >= 15 is 0 Å². The summed E-state index contributed by atoms with van der Waals surface area (Å²) in [4.78, 5) is 12.9. The molecule has 0 bridgehead atoms. The summed E-state index contributed by atoms with van der Waals surface area (Å²) in [6.07, 6.45) is 0.939. The first kappa shape index (κ1) is 26.1. The fourth-order valence-corrected chi connectivity index (χ4v) is 3.82. The summed E-state index contributed by atoms with van der Waals surface area (Å²) in [6.45, 7) is 4.86. The second-order valence-corrected chi connectivity index (χ2v) is 8.16. The van der Waals surface area contributed by atoms with Crippen LogP contribution in [0.1, 0.15) is 42.6 Å². The van der Waals surface area contributed by atoms with Crippen molar-refractivity contribution in [3.63, 3.8) is 0 Å². The van der Waals surface area contributed by atoms with Gasteiger partial charge in [0.25, 0.3) is 0 Å². The van der Waals surface area contributed by atoms with Crippen LogP contribution in [0.5, 0.6) is 17.2 Å². The average molecular weight is 479 g/mol. The Balaban J connectivity index is 2.08. The highest BCUT2D eigenvalue weighted by Crippen LogP contribution is 2.41. The standard InChI is InChI=1S/C29H34O6/c1-6-7-18-34-28(29(30)33-5)26-20(2)8-17-25(27(26)22-11-15-24(32-4)16-12-22)35-19-21-9-13-23(31-3)14-10-21/h8-17,28H,6-7,18-19H2,1-5H3. The van der Waals surface area contributed by atoms with E-state index in [1.807, 2.05) is 67.6 Å². The van der Waals surface area contributed by atoms with Crippen molar-refractivity contribution >= 4 is 5.97 Å². The monoisotopic (exact) mass is 478 g/mol. The second kappa shape index (κ2) is 12.8. The Bertz CT molecular complexity index is 1090. The molecule has 1 atom stereocenters. The number of unbranched alkanes of at least 4 members (excludes halogenated alkanes) is 1. The Labute approximate surface area is 207 Å². The predicted molar refractivity (Wildman–Crippen MR) is 136 cm³/mol. The summed E-state index contributed by atoms with van der Waals surface area (Å²) in [7, 11) is 4.65. The van der Waals surface area contributed by atoms with E-state index in [2.05, 4.69) is 6.92 Å². The van der Waals surface area contributed by atoms with Gasteiger partial charge in [0.15, 0.2) is 6.10 Å². The van der Waals surface area contributed by atoms with Gasteiger partial charge in [-0.25, -0.2) is 4.79 Å². The van der Waals surface area contributed by atoms with E-state index in [1.165, 1.54) is 7.11 Å². The molecule has 0 aliphatic heterocycles. The van der Waals surface area contributed by atoms with E-state index < -0.39 is 12.1 Å². The smallest absolute Gasteiger partial charge is 0.339 e. The number of esters is 1. The Kier molecular flexibility index (Phi) is 9.56. The van der Waals surface area contributed by atoms with Gasteiger partial charge >= 0.3 is 5.97 Å². The molecular weight excluding hydrogens is 444 g/mol. The van der Waals surface area contributed by atoms with Gasteiger partial charge in [-0.1, -0.05) is 43.7 Å². The maximum atomic E-state index is 12.9. The van der Waals surface area contributed by atoms with Gasteiger partial charge in [-0.05, 0) is 60.4 Å². The molecule has 0 spiro atoms. The molecule has 0 N–H and O–H groups in total. The van der Waals surface area contributed by atoms with Crippen LogP contribution in [-0.2, 0) is 20.9 Å². The van der Waals surface area contributed by atoms with E-state index in [-0.39, 0.29) is 0 Å². The van der Waals surface area contributed by atoms with Crippen LogP contribution in [0.2, 0.25) is 0 Å². The van der Waals surface area contributed by atoms with Gasteiger partial charge in [0.2, 0.25) is 0 Å². The van der Waals surface area contributed by atoms with E-state index in [4.69, 9.17) is 23.7 Å². The third-order valence-electron chi connectivity index (χ3n) is 5.82. The summed E-state index contributed by atoms with van der Waals surface area (Å²) in [5.74, 6) is 1.74. The average Bonchev–Trinajstić information content (AvgIpc) is 2.90. The van der Waals surface area contributed by atoms with Crippen LogP contribution >= 0.6 is 0 Å². The van der Waals surface area contributed by atoms with Crippen molar-refractivity contribution in [1.29, 1.82) is 0 Å². The minimum Gasteiger partial charge on any atom is -0.497 e. The van der Waals surface area contributed by atoms with Gasteiger partial charge in [0.1, 0.15) is 23.9 Å². The Morgan fingerprint density at radius 2 is 1.49 bits per heavy atom. The topological polar surface area (TPSA) is 63.2 Å². The van der Waals surface area contributed by atoms with Crippen LogP contribution in [0.4, 0.5) is 0 Å². The van der Waals surface area contributed by atoms with Crippen molar-refractivity contribution in [3.05, 3.63) is 77.4 Å². The number of rotatable bonds is 12. The molecule has 35 heavy (non-hydrogen) atoms. The van der Waals surface area contributed by atoms with Crippen LogP contribution in [0.15, 0.2) is 60.7 Å². The minimum absolute atomic E-state index is 0.356. The lowest BCUT2D eigenvalue weighted by atomic mass is 9.91. The number of methoxy groups -OCH3 is 3. The maximum Gasteiger partial charge on any atom is 0.339 e. The Hall–Kier alpha value is -3.51. The molecular formula is C29H34O6. The molecule has 0 heterocycles. The highest BCUT2D eigenvalue weighted by atomic mass is 16.6. The number of carbonyl (C=O) groups is 1. The molecule has 0 saturated carbocycles. The van der Waals surface area contributed by atoms with Crippen LogP contribution in [-0.4, -0.2) is 33.9 Å². The van der Waals surface area contributed by atoms with Gasteiger partial charge in [-0.2, -0.15) is 0 Å². The Morgan fingerprint density at radius 3 is 2.06 bits per heavy atom. The number of carbonyl (C=O) groups excluding carboxylic acids is 1. The molecule has 186 valence electrons. The summed E-state index contributed by atoms with van der Waals surface area (Å²) in [5, 5.41) is 0. The second-order valence-electron chi connectivity index (χ2n) is 8.16. The molecule has 0 amide bonds. The first-order chi connectivity index (χ1) is 17.0. The van der Waals surface area contributed by atoms with E-state index in [0.29, 0.717) is 19.0 Å². The molecule has 3 aromatic rings. The summed E-state index contributed by atoms with van der Waals surface area (Å²) >= 11 is 0. The summed E-state index contributed by atoms with van der Waals surface area (Å²) in [5.41, 5.74) is 4.34. The third-order valence-corrected chi connectivity index (χ3v) is 5.82. The van der Waals surface area contributed by atoms with E-state index in [0.717, 1.165) is 52.2 Å². The van der Waals surface area contributed by atoms with Gasteiger partial charge in [-0.3, -0.25) is 0 Å². The lowest BCUT2D eigenvalue weighted by molar-refractivity contribution is -0.154. The van der Waals surface area contributed by atoms with Crippen molar-refractivity contribution in [1.82, 2.24) is 0 Å². The first-order valence-electron chi connectivity index (χ1n) is 11.7. The number of hydrogen-bond donors (Lipinski definition) is 0. The first-order valence-corrected chi connectivity index (χ1v) is 11.7. The molecule has 1 unspecified atom stereocenters. The molecule has 6 heteroatoms. The number of ether oxygens (including phenoxy) is 5. The van der Waals surface area contributed by atoms with E-state index in [9.17, 15) is 4.79 Å².